The van der Waals surface area contributed by atoms with Crippen molar-refractivity contribution in [1.82, 2.24) is 10.2 Å². The fourth-order valence-corrected chi connectivity index (χ4v) is 4.03. The van der Waals surface area contributed by atoms with Gasteiger partial charge in [0, 0.05) is 25.2 Å². The molecular formula is C18H28N2O. The smallest absolute Gasteiger partial charge is 0.0730 e. The van der Waals surface area contributed by atoms with Crippen molar-refractivity contribution in [2.24, 2.45) is 0 Å². The standard InChI is InChI=1S/C18H28N2O/c1-13-7-8-15(14(2)11-13)16(19-3)12-20-9-10-21-18-6-4-5-17(18)20/h7-8,11,16-19H,4-6,9-10,12H2,1-3H3. The van der Waals surface area contributed by atoms with E-state index in [1.165, 1.54) is 36.0 Å². The van der Waals surface area contributed by atoms with Crippen LogP contribution in [0.2, 0.25) is 0 Å². The number of likely N-dealkylation sites (N-methyl/N-ethyl adjacent to an activating group) is 1. The van der Waals surface area contributed by atoms with E-state index in [0.717, 1.165) is 19.7 Å². The molecule has 2 aliphatic rings. The summed E-state index contributed by atoms with van der Waals surface area (Å²) >= 11 is 0. The molecule has 0 radical (unpaired) electrons. The molecule has 1 aromatic carbocycles. The van der Waals surface area contributed by atoms with Gasteiger partial charge in [0.15, 0.2) is 0 Å². The first kappa shape index (κ1) is 15.0. The Labute approximate surface area is 128 Å². The predicted molar refractivity (Wildman–Crippen MR) is 86.7 cm³/mol. The maximum Gasteiger partial charge on any atom is 0.0730 e. The van der Waals surface area contributed by atoms with Gasteiger partial charge in [-0.25, -0.2) is 0 Å². The van der Waals surface area contributed by atoms with E-state index in [0.29, 0.717) is 18.2 Å². The number of benzene rings is 1. The summed E-state index contributed by atoms with van der Waals surface area (Å²) in [6, 6.07) is 7.85. The van der Waals surface area contributed by atoms with Crippen LogP contribution in [0.25, 0.3) is 0 Å². The van der Waals surface area contributed by atoms with Crippen LogP contribution >= 0.6 is 0 Å². The number of fused-ring (bicyclic) bond motifs is 1. The highest BCUT2D eigenvalue weighted by Crippen LogP contribution is 2.31. The van der Waals surface area contributed by atoms with E-state index in [9.17, 15) is 0 Å². The van der Waals surface area contributed by atoms with Gasteiger partial charge in [0.05, 0.1) is 12.7 Å². The van der Waals surface area contributed by atoms with Crippen LogP contribution < -0.4 is 5.32 Å². The highest BCUT2D eigenvalue weighted by Gasteiger charge is 2.36. The summed E-state index contributed by atoms with van der Waals surface area (Å²) in [6.45, 7) is 7.44. The van der Waals surface area contributed by atoms with E-state index in [4.69, 9.17) is 4.74 Å². The average molecular weight is 288 g/mol. The lowest BCUT2D eigenvalue weighted by Crippen LogP contribution is -2.50. The lowest BCUT2D eigenvalue weighted by atomic mass is 9.98. The van der Waals surface area contributed by atoms with Gasteiger partial charge in [-0.1, -0.05) is 23.8 Å². The molecule has 1 N–H and O–H groups in total. The molecule has 0 amide bonds. The quantitative estimate of drug-likeness (QED) is 0.922. The van der Waals surface area contributed by atoms with Gasteiger partial charge in [0.2, 0.25) is 0 Å². The van der Waals surface area contributed by atoms with Crippen molar-refractivity contribution in [3.05, 3.63) is 34.9 Å². The van der Waals surface area contributed by atoms with E-state index in [-0.39, 0.29) is 0 Å². The second-order valence-corrected chi connectivity index (χ2v) is 6.60. The average Bonchev–Trinajstić information content (AvgIpc) is 2.94. The van der Waals surface area contributed by atoms with Gasteiger partial charge in [-0.15, -0.1) is 0 Å². The van der Waals surface area contributed by atoms with Crippen LogP contribution in [0.15, 0.2) is 18.2 Å². The Morgan fingerprint density at radius 2 is 2.19 bits per heavy atom. The van der Waals surface area contributed by atoms with Gasteiger partial charge < -0.3 is 10.1 Å². The number of rotatable bonds is 4. The van der Waals surface area contributed by atoms with Crippen molar-refractivity contribution < 1.29 is 4.74 Å². The highest BCUT2D eigenvalue weighted by molar-refractivity contribution is 5.33. The molecule has 1 aliphatic heterocycles. The second kappa shape index (κ2) is 6.47. The molecule has 3 nitrogen and oxygen atoms in total. The molecule has 21 heavy (non-hydrogen) atoms. The molecule has 1 aromatic rings. The molecule has 3 atom stereocenters. The Morgan fingerprint density at radius 1 is 1.33 bits per heavy atom. The van der Waals surface area contributed by atoms with E-state index in [1.54, 1.807) is 0 Å². The third-order valence-electron chi connectivity index (χ3n) is 5.16. The molecule has 3 rings (SSSR count). The lowest BCUT2D eigenvalue weighted by molar-refractivity contribution is -0.0581. The van der Waals surface area contributed by atoms with Crippen LogP contribution in [0.3, 0.4) is 0 Å². The number of hydrogen-bond acceptors (Lipinski definition) is 3. The fraction of sp³-hybridized carbons (Fsp3) is 0.667. The minimum atomic E-state index is 0.407. The summed E-state index contributed by atoms with van der Waals surface area (Å²) < 4.78 is 5.93. The molecule has 1 saturated carbocycles. The van der Waals surface area contributed by atoms with Crippen LogP contribution in [0.1, 0.15) is 42.0 Å². The third-order valence-corrected chi connectivity index (χ3v) is 5.16. The van der Waals surface area contributed by atoms with Crippen molar-refractivity contribution >= 4 is 0 Å². The van der Waals surface area contributed by atoms with E-state index >= 15 is 0 Å². The first-order valence-electron chi connectivity index (χ1n) is 8.29. The Balaban J connectivity index is 1.74. The second-order valence-electron chi connectivity index (χ2n) is 6.60. The summed E-state index contributed by atoms with van der Waals surface area (Å²) in [5.41, 5.74) is 4.17. The van der Waals surface area contributed by atoms with E-state index in [1.807, 2.05) is 0 Å². The molecule has 3 unspecified atom stereocenters. The van der Waals surface area contributed by atoms with Gasteiger partial charge >= 0.3 is 0 Å². The minimum absolute atomic E-state index is 0.407. The van der Waals surface area contributed by atoms with Crippen molar-refractivity contribution in [3.63, 3.8) is 0 Å². The fourth-order valence-electron chi connectivity index (χ4n) is 4.03. The van der Waals surface area contributed by atoms with Gasteiger partial charge in [0.1, 0.15) is 0 Å². The largest absolute Gasteiger partial charge is 0.375 e. The SMILES string of the molecule is CNC(CN1CCOC2CCCC21)c1ccc(C)cc1C. The summed E-state index contributed by atoms with van der Waals surface area (Å²) in [4.78, 5) is 2.65. The summed E-state index contributed by atoms with van der Waals surface area (Å²) in [7, 11) is 2.08. The van der Waals surface area contributed by atoms with Crippen LogP contribution in [0, 0.1) is 13.8 Å². The molecule has 0 bridgehead atoms. The molecule has 0 spiro atoms. The Hall–Kier alpha value is -0.900. The van der Waals surface area contributed by atoms with E-state index < -0.39 is 0 Å². The summed E-state index contributed by atoms with van der Waals surface area (Å²) in [5.74, 6) is 0. The molecule has 3 heteroatoms. The van der Waals surface area contributed by atoms with Crippen LogP contribution in [-0.4, -0.2) is 43.8 Å². The molecule has 1 saturated heterocycles. The first-order chi connectivity index (χ1) is 10.2. The Bertz CT molecular complexity index is 488. The summed E-state index contributed by atoms with van der Waals surface area (Å²) in [5, 5.41) is 3.52. The minimum Gasteiger partial charge on any atom is -0.375 e. The number of aryl methyl sites for hydroxylation is 2. The molecule has 1 aliphatic carbocycles. The molecule has 0 aromatic heterocycles. The molecule has 2 fully saturated rings. The normalized spacial score (nSPS) is 27.6. The summed E-state index contributed by atoms with van der Waals surface area (Å²) in [6.07, 6.45) is 4.35. The zero-order valence-electron chi connectivity index (χ0n) is 13.6. The number of nitrogens with one attached hydrogen (secondary N) is 1. The predicted octanol–water partition coefficient (Wildman–Crippen LogP) is 2.82. The Kier molecular flexibility index (Phi) is 4.63. The van der Waals surface area contributed by atoms with Crippen LogP contribution in [0.4, 0.5) is 0 Å². The highest BCUT2D eigenvalue weighted by atomic mass is 16.5. The zero-order valence-corrected chi connectivity index (χ0v) is 13.6. The number of hydrogen-bond donors (Lipinski definition) is 1. The van der Waals surface area contributed by atoms with Crippen LogP contribution in [0.5, 0.6) is 0 Å². The third kappa shape index (κ3) is 3.15. The van der Waals surface area contributed by atoms with E-state index in [2.05, 4.69) is 49.3 Å². The van der Waals surface area contributed by atoms with Gasteiger partial charge in [-0.3, -0.25) is 4.90 Å². The van der Waals surface area contributed by atoms with Crippen LogP contribution in [-0.2, 0) is 4.74 Å². The van der Waals surface area contributed by atoms with Crippen molar-refractivity contribution in [2.75, 3.05) is 26.7 Å². The number of morpholine rings is 1. The number of ether oxygens (including phenoxy) is 1. The van der Waals surface area contributed by atoms with Gasteiger partial charge in [-0.2, -0.15) is 0 Å². The van der Waals surface area contributed by atoms with Crippen molar-refractivity contribution in [2.45, 2.75) is 51.3 Å². The molecule has 1 heterocycles. The topological polar surface area (TPSA) is 24.5 Å². The maximum absolute atomic E-state index is 5.93. The Morgan fingerprint density at radius 3 is 2.95 bits per heavy atom. The zero-order chi connectivity index (χ0) is 14.8. The maximum atomic E-state index is 5.93. The monoisotopic (exact) mass is 288 g/mol. The first-order valence-corrected chi connectivity index (χ1v) is 8.29. The molecule has 116 valence electrons. The molecular weight excluding hydrogens is 260 g/mol. The van der Waals surface area contributed by atoms with Crippen molar-refractivity contribution in [3.8, 4) is 0 Å². The van der Waals surface area contributed by atoms with Crippen molar-refractivity contribution in [1.29, 1.82) is 0 Å². The lowest BCUT2D eigenvalue weighted by Gasteiger charge is -2.39. The number of nitrogens with zero attached hydrogens (tertiary/aromatic N) is 1. The van der Waals surface area contributed by atoms with Gasteiger partial charge in [-0.05, 0) is 51.3 Å². The van der Waals surface area contributed by atoms with Gasteiger partial charge in [0.25, 0.3) is 0 Å².